The zero-order valence-electron chi connectivity index (χ0n) is 23.5. The summed E-state index contributed by atoms with van der Waals surface area (Å²) in [6.45, 7) is 9.85. The molecule has 8 unspecified atom stereocenters. The van der Waals surface area contributed by atoms with E-state index in [-0.39, 0.29) is 35.3 Å². The number of hydrogen-bond donors (Lipinski definition) is 2. The lowest BCUT2D eigenvalue weighted by Gasteiger charge is -2.62. The molecule has 8 rings (SSSR count). The summed E-state index contributed by atoms with van der Waals surface area (Å²) in [5, 5.41) is 21.2. The number of imide groups is 1. The first-order chi connectivity index (χ1) is 18.7. The fourth-order valence-corrected chi connectivity index (χ4v) is 10.3. The minimum Gasteiger partial charge on any atom is -0.456 e. The molecule has 0 spiro atoms. The Morgan fingerprint density at radius 3 is 2.12 bits per heavy atom. The summed E-state index contributed by atoms with van der Waals surface area (Å²) < 4.78 is 10.3. The highest BCUT2D eigenvalue weighted by molar-refractivity contribution is 6.08. The second kappa shape index (κ2) is 9.24. The highest BCUT2D eigenvalue weighted by Gasteiger charge is 2.69. The molecule has 1 saturated heterocycles. The van der Waals surface area contributed by atoms with Gasteiger partial charge in [0.25, 0.3) is 5.91 Å². The Bertz CT molecular complexity index is 1170. The third-order valence-electron chi connectivity index (χ3n) is 10.9. The van der Waals surface area contributed by atoms with Crippen molar-refractivity contribution in [1.82, 2.24) is 4.90 Å². The lowest BCUT2D eigenvalue weighted by Crippen LogP contribution is -2.67. The normalized spacial score (nSPS) is 44.6. The van der Waals surface area contributed by atoms with Crippen LogP contribution in [0.2, 0.25) is 0 Å². The van der Waals surface area contributed by atoms with Crippen molar-refractivity contribution in [2.45, 2.75) is 101 Å². The maximum atomic E-state index is 12.2. The average molecular weight is 556 g/mol. The lowest BCUT2D eigenvalue weighted by molar-refractivity contribution is -0.262. The number of carbonyl (C=O) groups excluding carboxylic acids is 4. The first kappa shape index (κ1) is 27.6. The summed E-state index contributed by atoms with van der Waals surface area (Å²) in [6, 6.07) is 0.228. The van der Waals surface area contributed by atoms with Crippen LogP contribution >= 0.6 is 0 Å². The lowest BCUT2D eigenvalue weighted by atomic mass is 9.50. The summed E-state index contributed by atoms with van der Waals surface area (Å²) in [6.07, 6.45) is 8.14. The summed E-state index contributed by atoms with van der Waals surface area (Å²) in [5.41, 5.74) is -2.04. The van der Waals surface area contributed by atoms with Crippen molar-refractivity contribution >= 4 is 23.8 Å². The fourth-order valence-electron chi connectivity index (χ4n) is 10.3. The standard InChI is InChI=1S/C16H22O6.C15H19NO2/c1-10(2)13(18)21-6-12(17)22-16-5-11-3-14(19,8-16)7-15(20,4-11)9-16;1-7(2)14(17)16-13-11-6-10(12(13)15(16)18)8-4-3-5-9(8)11/h11,19-20H,1,3-9H2,2H3;8-13H,1,3-6H2,2H3. The molecule has 6 bridgehead atoms. The second-order valence-electron chi connectivity index (χ2n) is 14.1. The van der Waals surface area contributed by atoms with Gasteiger partial charge in [0.05, 0.1) is 23.2 Å². The van der Waals surface area contributed by atoms with Crippen LogP contribution in [0, 0.1) is 35.5 Å². The topological polar surface area (TPSA) is 130 Å². The number of fused-ring (bicyclic) bond motifs is 8. The predicted molar refractivity (Wildman–Crippen MR) is 142 cm³/mol. The average Bonchev–Trinajstić information content (AvgIpc) is 3.51. The van der Waals surface area contributed by atoms with Crippen molar-refractivity contribution < 1.29 is 38.9 Å². The van der Waals surface area contributed by atoms with Gasteiger partial charge < -0.3 is 19.7 Å². The van der Waals surface area contributed by atoms with Crippen LogP contribution < -0.4 is 0 Å². The van der Waals surface area contributed by atoms with E-state index in [1.54, 1.807) is 6.92 Å². The van der Waals surface area contributed by atoms with Crippen molar-refractivity contribution in [3.63, 3.8) is 0 Å². The molecule has 7 aliphatic carbocycles. The molecule has 40 heavy (non-hydrogen) atoms. The molecule has 9 nitrogen and oxygen atoms in total. The van der Waals surface area contributed by atoms with Gasteiger partial charge in [0.1, 0.15) is 5.60 Å². The zero-order chi connectivity index (χ0) is 28.8. The molecular weight excluding hydrogens is 514 g/mol. The minimum atomic E-state index is -0.956. The van der Waals surface area contributed by atoms with Crippen LogP contribution in [0.5, 0.6) is 0 Å². The van der Waals surface area contributed by atoms with E-state index >= 15 is 0 Å². The number of β-lactam (4-membered cyclic amide) rings is 1. The quantitative estimate of drug-likeness (QED) is 0.301. The van der Waals surface area contributed by atoms with Gasteiger partial charge in [-0.3, -0.25) is 14.5 Å². The number of rotatable bonds is 5. The Labute approximate surface area is 234 Å². The molecule has 0 radical (unpaired) electrons. The molecule has 8 atom stereocenters. The Morgan fingerprint density at radius 1 is 0.925 bits per heavy atom. The molecule has 2 N–H and O–H groups in total. The monoisotopic (exact) mass is 555 g/mol. The van der Waals surface area contributed by atoms with Crippen molar-refractivity contribution in [1.29, 1.82) is 0 Å². The van der Waals surface area contributed by atoms with E-state index < -0.39 is 35.3 Å². The number of esters is 2. The second-order valence-corrected chi connectivity index (χ2v) is 14.1. The van der Waals surface area contributed by atoms with Gasteiger partial charge >= 0.3 is 11.9 Å². The summed E-state index contributed by atoms with van der Waals surface area (Å²) >= 11 is 0. The van der Waals surface area contributed by atoms with Crippen LogP contribution in [0.1, 0.15) is 78.1 Å². The predicted octanol–water partition coefficient (Wildman–Crippen LogP) is 2.83. The van der Waals surface area contributed by atoms with Gasteiger partial charge in [0, 0.05) is 30.4 Å². The third kappa shape index (κ3) is 4.35. The highest BCUT2D eigenvalue weighted by atomic mass is 16.6. The molecule has 0 aromatic heterocycles. The molecule has 8 aliphatic rings. The van der Waals surface area contributed by atoms with Crippen LogP contribution in [0.4, 0.5) is 0 Å². The van der Waals surface area contributed by atoms with Crippen molar-refractivity contribution in [2.24, 2.45) is 35.5 Å². The van der Waals surface area contributed by atoms with Gasteiger partial charge in [-0.2, -0.15) is 0 Å². The maximum Gasteiger partial charge on any atom is 0.344 e. The Hall–Kier alpha value is -2.52. The molecular formula is C31H41NO8. The van der Waals surface area contributed by atoms with Gasteiger partial charge in [-0.15, -0.1) is 0 Å². The van der Waals surface area contributed by atoms with E-state index in [9.17, 15) is 29.4 Å². The Morgan fingerprint density at radius 2 is 1.55 bits per heavy atom. The van der Waals surface area contributed by atoms with Crippen molar-refractivity contribution in [2.75, 3.05) is 6.61 Å². The van der Waals surface area contributed by atoms with E-state index in [0.29, 0.717) is 55.9 Å². The van der Waals surface area contributed by atoms with Crippen LogP contribution in [-0.4, -0.2) is 68.3 Å². The molecule has 0 aromatic carbocycles. The maximum absolute atomic E-state index is 12.2. The van der Waals surface area contributed by atoms with Crippen LogP contribution in [0.3, 0.4) is 0 Å². The SMILES string of the molecule is C=C(C)C(=O)N1C(=O)C2C3CC(C4CCCC43)C21.C=C(C)C(=O)OCC(=O)OC12CC3CC(O)(CC(O)(C3)C1)C2. The molecule has 9 heteroatoms. The minimum absolute atomic E-state index is 0.0888. The van der Waals surface area contributed by atoms with Crippen LogP contribution in [0.25, 0.3) is 0 Å². The van der Waals surface area contributed by atoms with E-state index in [2.05, 4.69) is 13.2 Å². The van der Waals surface area contributed by atoms with Crippen molar-refractivity contribution in [3.05, 3.63) is 24.3 Å². The molecule has 0 aromatic rings. The number of carbonyl (C=O) groups is 4. The van der Waals surface area contributed by atoms with E-state index in [4.69, 9.17) is 9.47 Å². The first-order valence-electron chi connectivity index (χ1n) is 14.8. The highest BCUT2D eigenvalue weighted by Crippen LogP contribution is 2.65. The molecule has 1 heterocycles. The Balaban J connectivity index is 0.000000147. The van der Waals surface area contributed by atoms with Gasteiger partial charge in [0.2, 0.25) is 5.91 Å². The van der Waals surface area contributed by atoms with Crippen LogP contribution in [0.15, 0.2) is 24.3 Å². The van der Waals surface area contributed by atoms with Crippen LogP contribution in [-0.2, 0) is 28.7 Å². The van der Waals surface area contributed by atoms with E-state index in [1.807, 2.05) is 0 Å². The molecule has 1 aliphatic heterocycles. The first-order valence-corrected chi connectivity index (χ1v) is 14.8. The smallest absolute Gasteiger partial charge is 0.344 e. The summed E-state index contributed by atoms with van der Waals surface area (Å²) in [7, 11) is 0. The van der Waals surface area contributed by atoms with E-state index in [0.717, 1.165) is 11.8 Å². The third-order valence-corrected chi connectivity index (χ3v) is 10.9. The van der Waals surface area contributed by atoms with Gasteiger partial charge in [-0.1, -0.05) is 19.6 Å². The number of ether oxygens (including phenoxy) is 2. The number of amides is 2. The Kier molecular flexibility index (Phi) is 6.39. The summed E-state index contributed by atoms with van der Waals surface area (Å²) in [5.74, 6) is 1.79. The molecule has 218 valence electrons. The zero-order valence-corrected chi connectivity index (χ0v) is 23.5. The van der Waals surface area contributed by atoms with Crippen molar-refractivity contribution in [3.8, 4) is 0 Å². The molecule has 2 amide bonds. The number of likely N-dealkylation sites (tertiary alicyclic amines) is 1. The molecule has 7 saturated carbocycles. The number of aliphatic hydroxyl groups is 2. The van der Waals surface area contributed by atoms with Gasteiger partial charge in [-0.25, -0.2) is 9.59 Å². The van der Waals surface area contributed by atoms with Gasteiger partial charge in [-0.05, 0) is 82.0 Å². The molecule has 8 fully saturated rings. The fraction of sp³-hybridized carbons (Fsp3) is 0.742. The summed E-state index contributed by atoms with van der Waals surface area (Å²) in [4.78, 5) is 49.1. The van der Waals surface area contributed by atoms with E-state index in [1.165, 1.54) is 37.5 Å². The number of hydrogen-bond acceptors (Lipinski definition) is 8. The largest absolute Gasteiger partial charge is 0.456 e. The number of nitrogens with zero attached hydrogens (tertiary/aromatic N) is 1. The van der Waals surface area contributed by atoms with Gasteiger partial charge in [0.15, 0.2) is 6.61 Å².